The van der Waals surface area contributed by atoms with Crippen molar-refractivity contribution in [2.75, 3.05) is 18.9 Å². The van der Waals surface area contributed by atoms with E-state index in [4.69, 9.17) is 9.47 Å². The molecule has 3 N–H and O–H groups in total. The highest BCUT2D eigenvalue weighted by molar-refractivity contribution is 8.00. The molecule has 1 spiro atoms. The minimum absolute atomic E-state index is 0.0528. The van der Waals surface area contributed by atoms with E-state index in [2.05, 4.69) is 28.1 Å². The van der Waals surface area contributed by atoms with E-state index in [1.54, 1.807) is 43.9 Å². The highest BCUT2D eigenvalue weighted by Gasteiger charge is 2.66. The summed E-state index contributed by atoms with van der Waals surface area (Å²) < 4.78 is 11.9. The number of amides is 4. The number of allylic oxidation sites excluding steroid dienone is 1. The molecule has 5 aliphatic heterocycles. The first-order valence-electron chi connectivity index (χ1n) is 22.9. The molecule has 0 radical (unpaired) electrons. The van der Waals surface area contributed by atoms with Gasteiger partial charge in [0.25, 0.3) is 5.69 Å². The van der Waals surface area contributed by atoms with E-state index in [1.165, 1.54) is 0 Å². The number of thioether (sulfide) groups is 1. The average molecular weight is 876 g/mol. The van der Waals surface area contributed by atoms with Crippen LogP contribution < -0.4 is 20.7 Å². The monoisotopic (exact) mass is 875 g/mol. The SMILES string of the molecule is CC1C(C)(C)C(=O)C(c2ccc3c(c2[N+](=O)[O-])C=CC(C)(C/C=C/CCCCCCCCOC(=O)CCCC[C@@H]2SC[C@@H]4NC(=O)N[C@@H]42)O3)CC12NC(=O)C1(C)CCCN1C2=O. The number of rotatable bonds is 18. The van der Waals surface area contributed by atoms with Crippen LogP contribution in [-0.4, -0.2) is 92.3 Å². The number of esters is 1. The number of nitro groups is 1. The van der Waals surface area contributed by atoms with Crippen molar-refractivity contribution in [1.82, 2.24) is 20.9 Å². The maximum Gasteiger partial charge on any atom is 0.315 e. The number of nitrogens with one attached hydrogen (secondary N) is 3. The summed E-state index contributed by atoms with van der Waals surface area (Å²) >= 11 is 1.90. The van der Waals surface area contributed by atoms with Crippen LogP contribution in [0.25, 0.3) is 6.08 Å². The molecule has 0 aromatic heterocycles. The van der Waals surface area contributed by atoms with Gasteiger partial charge in [-0.25, -0.2) is 4.79 Å². The number of Topliss-reactive ketones (excluding diaryl/α,β-unsaturated/α-hetero) is 1. The van der Waals surface area contributed by atoms with Crippen LogP contribution in [0.15, 0.2) is 30.4 Å². The number of ketones is 1. The first-order chi connectivity index (χ1) is 29.5. The lowest BCUT2D eigenvalue weighted by atomic mass is 9.54. The molecule has 1 saturated carbocycles. The summed E-state index contributed by atoms with van der Waals surface area (Å²) in [5, 5.41) is 22.3. The number of carbonyl (C=O) groups excluding carboxylic acids is 5. The van der Waals surface area contributed by atoms with Gasteiger partial charge < -0.3 is 30.3 Å². The minimum atomic E-state index is -1.38. The Morgan fingerprint density at radius 1 is 1.02 bits per heavy atom. The summed E-state index contributed by atoms with van der Waals surface area (Å²) in [7, 11) is 0. The molecule has 6 aliphatic rings. The molecule has 4 saturated heterocycles. The molecule has 0 bridgehead atoms. The third-order valence-electron chi connectivity index (χ3n) is 14.9. The fourth-order valence-electron chi connectivity index (χ4n) is 10.7. The molecule has 62 heavy (non-hydrogen) atoms. The van der Waals surface area contributed by atoms with Crippen molar-refractivity contribution >= 4 is 53.1 Å². The lowest BCUT2D eigenvalue weighted by Gasteiger charge is -2.57. The van der Waals surface area contributed by atoms with Crippen LogP contribution in [0.3, 0.4) is 0 Å². The third-order valence-corrected chi connectivity index (χ3v) is 16.4. The van der Waals surface area contributed by atoms with Crippen LogP contribution in [0.2, 0.25) is 0 Å². The fourth-order valence-corrected chi connectivity index (χ4v) is 12.3. The zero-order valence-electron chi connectivity index (χ0n) is 37.1. The highest BCUT2D eigenvalue weighted by atomic mass is 32.2. The Bertz CT molecular complexity index is 2000. The van der Waals surface area contributed by atoms with Crippen LogP contribution in [-0.2, 0) is 23.9 Å². The van der Waals surface area contributed by atoms with E-state index in [1.807, 2.05) is 31.7 Å². The summed E-state index contributed by atoms with van der Waals surface area (Å²) in [4.78, 5) is 80.0. The molecule has 15 heteroatoms. The number of ether oxygens (including phenoxy) is 2. The molecule has 5 heterocycles. The summed E-state index contributed by atoms with van der Waals surface area (Å²) in [6, 6.07) is 3.66. The summed E-state index contributed by atoms with van der Waals surface area (Å²) in [5.74, 6) is -0.995. The first-order valence-corrected chi connectivity index (χ1v) is 23.9. The zero-order valence-corrected chi connectivity index (χ0v) is 37.9. The van der Waals surface area contributed by atoms with Gasteiger partial charge in [-0.3, -0.25) is 29.3 Å². The van der Waals surface area contributed by atoms with Gasteiger partial charge in [-0.1, -0.05) is 65.0 Å². The van der Waals surface area contributed by atoms with Crippen LogP contribution in [0, 0.1) is 21.4 Å². The van der Waals surface area contributed by atoms with Crippen molar-refractivity contribution in [3.8, 4) is 5.75 Å². The standard InChI is InChI=1S/C47H65N5O9S/c1-30-44(2,3)40(54)33(28-47(30)42(56)51-26-17-24-46(51,5)41(55)50-47)31-20-21-35-32(39(31)52(58)59)22-25-45(4,61-35)23-15-11-9-7-6-8-10-12-16-27-60-37(53)19-14-13-18-36-38-34(29-62-36)48-43(57)49-38/h11,15,20-22,25,30,33-34,36,38H,6-10,12-14,16-19,23-24,26-29H2,1-5H3,(H,50,55)(H2,48,49,57)/b15-11+/t30?,33?,34-,36-,38-,45?,46?,47?/m0/s1. The van der Waals surface area contributed by atoms with Gasteiger partial charge in [0.15, 0.2) is 0 Å². The van der Waals surface area contributed by atoms with Crippen molar-refractivity contribution < 1.29 is 38.4 Å². The van der Waals surface area contributed by atoms with Gasteiger partial charge in [0, 0.05) is 47.3 Å². The molecule has 14 nitrogen and oxygen atoms in total. The molecule has 5 unspecified atom stereocenters. The highest BCUT2D eigenvalue weighted by Crippen LogP contribution is 2.55. The Balaban J connectivity index is 0.834. The van der Waals surface area contributed by atoms with Crippen LogP contribution in [0.5, 0.6) is 5.75 Å². The molecule has 1 aromatic rings. The minimum Gasteiger partial charge on any atom is -0.482 e. The lowest BCUT2D eigenvalue weighted by Crippen LogP contribution is -2.78. The zero-order chi connectivity index (χ0) is 44.5. The molecule has 5 fully saturated rings. The van der Waals surface area contributed by atoms with Gasteiger partial charge in [-0.05, 0) is 89.5 Å². The van der Waals surface area contributed by atoms with E-state index in [0.717, 1.165) is 70.0 Å². The number of piperazine rings is 1. The van der Waals surface area contributed by atoms with Gasteiger partial charge in [0.05, 0.1) is 35.1 Å². The molecule has 8 atom stereocenters. The van der Waals surface area contributed by atoms with Crippen molar-refractivity contribution in [2.45, 2.75) is 171 Å². The largest absolute Gasteiger partial charge is 0.482 e. The Kier molecular flexibility index (Phi) is 13.5. The predicted octanol–water partition coefficient (Wildman–Crippen LogP) is 7.67. The second-order valence-corrected chi connectivity index (χ2v) is 20.7. The summed E-state index contributed by atoms with van der Waals surface area (Å²) in [6.45, 7) is 10.0. The Labute approximate surface area is 369 Å². The maximum absolute atomic E-state index is 14.4. The van der Waals surface area contributed by atoms with E-state index in [0.29, 0.717) is 55.4 Å². The van der Waals surface area contributed by atoms with E-state index < -0.39 is 38.9 Å². The Morgan fingerprint density at radius 3 is 2.55 bits per heavy atom. The van der Waals surface area contributed by atoms with Crippen molar-refractivity contribution in [2.24, 2.45) is 11.3 Å². The van der Waals surface area contributed by atoms with Gasteiger partial charge >= 0.3 is 12.0 Å². The number of fused-ring (bicyclic) bond motifs is 3. The number of nitrogens with zero attached hydrogens (tertiary/aromatic N) is 2. The second-order valence-electron chi connectivity index (χ2n) is 19.4. The predicted molar refractivity (Wildman–Crippen MR) is 238 cm³/mol. The number of unbranched alkanes of at least 4 members (excludes halogenated alkanes) is 7. The fraction of sp³-hybridized carbons (Fsp3) is 0.681. The number of urea groups is 1. The van der Waals surface area contributed by atoms with Crippen LogP contribution in [0.4, 0.5) is 10.5 Å². The van der Waals surface area contributed by atoms with Gasteiger partial charge in [0.1, 0.15) is 28.2 Å². The molecule has 7 rings (SSSR count). The molecule has 1 aliphatic carbocycles. The van der Waals surface area contributed by atoms with Crippen LogP contribution >= 0.6 is 11.8 Å². The van der Waals surface area contributed by atoms with Gasteiger partial charge in [-0.15, -0.1) is 0 Å². The normalized spacial score (nSPS) is 32.0. The summed E-state index contributed by atoms with van der Waals surface area (Å²) in [6.07, 6.45) is 20.0. The maximum atomic E-state index is 14.4. The second kappa shape index (κ2) is 18.4. The number of hydrogen-bond donors (Lipinski definition) is 3. The van der Waals surface area contributed by atoms with E-state index >= 15 is 0 Å². The van der Waals surface area contributed by atoms with Gasteiger partial charge in [0.2, 0.25) is 11.8 Å². The van der Waals surface area contributed by atoms with E-state index in [9.17, 15) is 34.1 Å². The lowest BCUT2D eigenvalue weighted by molar-refractivity contribution is -0.386. The van der Waals surface area contributed by atoms with Gasteiger partial charge in [-0.2, -0.15) is 11.8 Å². The average Bonchev–Trinajstić information content (AvgIpc) is 3.93. The quantitative estimate of drug-likeness (QED) is 0.0330. The Morgan fingerprint density at radius 2 is 1.77 bits per heavy atom. The molecular formula is C47H65N5O9S. The first kappa shape index (κ1) is 45.6. The molecular weight excluding hydrogens is 811 g/mol. The van der Waals surface area contributed by atoms with Crippen molar-refractivity contribution in [1.29, 1.82) is 0 Å². The number of nitro benzene ring substituents is 1. The smallest absolute Gasteiger partial charge is 0.315 e. The molecule has 1 aromatic carbocycles. The van der Waals surface area contributed by atoms with E-state index in [-0.39, 0.29) is 59.4 Å². The molecule has 338 valence electrons. The number of carbonyl (C=O) groups is 5. The van der Waals surface area contributed by atoms with Crippen molar-refractivity contribution in [3.63, 3.8) is 0 Å². The number of hydrogen-bond acceptors (Lipinski definition) is 10. The van der Waals surface area contributed by atoms with Crippen LogP contribution in [0.1, 0.15) is 148 Å². The summed E-state index contributed by atoms with van der Waals surface area (Å²) in [5.41, 5.74) is -3.79. The molecule has 4 amide bonds. The topological polar surface area (TPSA) is 186 Å². The van der Waals surface area contributed by atoms with Crippen molar-refractivity contribution in [3.05, 3.63) is 51.6 Å². The third kappa shape index (κ3) is 8.88. The Hall–Kier alpha value is -4.40. The number of benzene rings is 1.